The number of nitrogens with two attached hydrogens (primary N) is 1. The number of aromatic nitrogens is 6. The van der Waals surface area contributed by atoms with Gasteiger partial charge in [0.05, 0.1) is 19.5 Å². The molecule has 3 aromatic rings. The highest BCUT2D eigenvalue weighted by Gasteiger charge is 2.52. The van der Waals surface area contributed by atoms with Crippen molar-refractivity contribution in [3.8, 4) is 0 Å². The Labute approximate surface area is 237 Å². The number of phosphoric ester groups is 1. The monoisotopic (exact) mass is 653 g/mol. The molecule has 2 bridgehead atoms. The van der Waals surface area contributed by atoms with E-state index in [1.807, 2.05) is 4.98 Å². The minimum Gasteiger partial charge on any atom is -0.780 e. The van der Waals surface area contributed by atoms with Gasteiger partial charge >= 0.3 is 5.69 Å². The van der Waals surface area contributed by atoms with Crippen molar-refractivity contribution in [2.24, 2.45) is 0 Å². The summed E-state index contributed by atoms with van der Waals surface area (Å²) in [6.45, 7) is -6.56. The van der Waals surface area contributed by atoms with Crippen LogP contribution in [0.2, 0.25) is 0 Å². The Bertz CT molecular complexity index is 1730. The first kappa shape index (κ1) is 29.5. The molecule has 0 aliphatic carbocycles. The van der Waals surface area contributed by atoms with Gasteiger partial charge < -0.3 is 43.1 Å². The fraction of sp³-hybridized carbons (Fsp3) is 0.526. The van der Waals surface area contributed by atoms with Crippen LogP contribution in [0.3, 0.4) is 0 Å². The molecule has 6 heterocycles. The standard InChI is InChI=1S/C19H21F2N7O11P2S/c20-10-7-3-34-40(31,32)38-13-8(37-17(11(13)21)28-6-25-12-15(22)23-5-24-16(12)28)4-35-41(33,42)39-14(10)18(36-7)27-2-1-9(29)26-19(27)30/h1-2,5-8,10-11,13-14,17-18H,3-4H2,(H,31,32)(H,33,42)(H2,22,23,24)(H,26,29,30)/p-2/t7-,8-,10-,11-,13-,14-,17-,18-,41?/m1/s1. The van der Waals surface area contributed by atoms with E-state index < -0.39 is 88.2 Å². The molecule has 3 saturated heterocycles. The van der Waals surface area contributed by atoms with E-state index in [0.29, 0.717) is 4.57 Å². The van der Waals surface area contributed by atoms with Crippen molar-refractivity contribution in [1.29, 1.82) is 0 Å². The largest absolute Gasteiger partial charge is 0.780 e. The topological polar surface area (TPSA) is 243 Å². The zero-order chi connectivity index (χ0) is 30.0. The maximum absolute atomic E-state index is 15.8. The lowest BCUT2D eigenvalue weighted by molar-refractivity contribution is -0.236. The third kappa shape index (κ3) is 5.46. The molecular formula is C19H19F2N7O11P2S-2. The third-order valence-electron chi connectivity index (χ3n) is 6.61. The minimum atomic E-state index is -5.41. The fourth-order valence-electron chi connectivity index (χ4n) is 4.72. The van der Waals surface area contributed by atoms with Crippen molar-refractivity contribution in [2.75, 3.05) is 18.9 Å². The van der Waals surface area contributed by atoms with Crippen LogP contribution in [0.1, 0.15) is 12.5 Å². The van der Waals surface area contributed by atoms with Gasteiger partial charge in [-0.1, -0.05) is 11.8 Å². The van der Waals surface area contributed by atoms with E-state index in [1.54, 1.807) is 0 Å². The summed E-state index contributed by atoms with van der Waals surface area (Å²) in [5.74, 6) is -0.0126. The Morgan fingerprint density at radius 2 is 1.74 bits per heavy atom. The van der Waals surface area contributed by atoms with E-state index in [2.05, 4.69) is 15.0 Å². The average molecular weight is 653 g/mol. The molecular weight excluding hydrogens is 634 g/mol. The summed E-state index contributed by atoms with van der Waals surface area (Å²) in [4.78, 5) is 63.5. The highest BCUT2D eigenvalue weighted by molar-refractivity contribution is 8.06. The third-order valence-corrected chi connectivity index (χ3v) is 9.12. The molecule has 42 heavy (non-hydrogen) atoms. The number of imidazole rings is 1. The van der Waals surface area contributed by atoms with Crippen LogP contribution in [0, 0.1) is 0 Å². The van der Waals surface area contributed by atoms with E-state index in [9.17, 15) is 23.9 Å². The molecule has 0 amide bonds. The first-order chi connectivity index (χ1) is 19.8. The number of nitrogens with zero attached hydrogens (tertiary/aromatic N) is 5. The van der Waals surface area contributed by atoms with Gasteiger partial charge in [0.2, 0.25) is 0 Å². The summed E-state index contributed by atoms with van der Waals surface area (Å²) in [5.41, 5.74) is 4.12. The number of phosphoric acid groups is 1. The van der Waals surface area contributed by atoms with E-state index in [0.717, 1.165) is 29.5 Å². The normalized spacial score (nSPS) is 39.3. The van der Waals surface area contributed by atoms with Crippen molar-refractivity contribution >= 4 is 43.3 Å². The van der Waals surface area contributed by atoms with Gasteiger partial charge in [0.15, 0.2) is 36.3 Å². The number of aromatic amines is 1. The zero-order valence-electron chi connectivity index (χ0n) is 20.7. The van der Waals surface area contributed by atoms with Gasteiger partial charge in [0, 0.05) is 12.3 Å². The Balaban J connectivity index is 1.31. The maximum atomic E-state index is 15.8. The lowest BCUT2D eigenvalue weighted by Gasteiger charge is -2.34. The molecule has 18 nitrogen and oxygen atoms in total. The Morgan fingerprint density at radius 3 is 2.50 bits per heavy atom. The van der Waals surface area contributed by atoms with Crippen molar-refractivity contribution in [2.45, 2.75) is 49.2 Å². The quantitative estimate of drug-likeness (QED) is 0.293. The van der Waals surface area contributed by atoms with Crippen LogP contribution in [-0.2, 0) is 43.9 Å². The number of alkyl halides is 2. The Kier molecular flexibility index (Phi) is 7.64. The van der Waals surface area contributed by atoms with Gasteiger partial charge in [-0.05, 0) is 0 Å². The van der Waals surface area contributed by atoms with E-state index >= 15 is 8.78 Å². The van der Waals surface area contributed by atoms with E-state index in [-0.39, 0.29) is 17.0 Å². The summed E-state index contributed by atoms with van der Waals surface area (Å²) in [6.07, 6.45) is -11.8. The van der Waals surface area contributed by atoms with Crippen LogP contribution in [-0.4, -0.2) is 79.0 Å². The molecule has 0 spiro atoms. The average Bonchev–Trinajstić information content (AvgIpc) is 3.57. The van der Waals surface area contributed by atoms with Gasteiger partial charge in [-0.15, -0.1) is 0 Å². The number of nitrogen functional groups attached to an aromatic ring is 1. The summed E-state index contributed by atoms with van der Waals surface area (Å²) in [6, 6.07) is 0.923. The van der Waals surface area contributed by atoms with E-state index in [4.69, 9.17) is 45.1 Å². The molecule has 3 aliphatic rings. The van der Waals surface area contributed by atoms with Gasteiger partial charge in [0.1, 0.15) is 43.0 Å². The van der Waals surface area contributed by atoms with Crippen LogP contribution in [0.5, 0.6) is 0 Å². The van der Waals surface area contributed by atoms with Crippen LogP contribution in [0.4, 0.5) is 14.6 Å². The lowest BCUT2D eigenvalue weighted by atomic mass is 10.1. The number of rotatable bonds is 2. The molecule has 3 fully saturated rings. The number of anilines is 1. The first-order valence-electron chi connectivity index (χ1n) is 11.9. The summed E-state index contributed by atoms with van der Waals surface area (Å²) in [7, 11) is -5.41. The molecule has 6 rings (SSSR count). The summed E-state index contributed by atoms with van der Waals surface area (Å²) >= 11 is 4.91. The number of hydrogen-bond acceptors (Lipinski definition) is 16. The summed E-state index contributed by atoms with van der Waals surface area (Å²) < 4.78 is 77.1. The van der Waals surface area contributed by atoms with Crippen LogP contribution in [0.15, 0.2) is 34.5 Å². The second-order valence-corrected chi connectivity index (χ2v) is 13.3. The number of hydrogen-bond donors (Lipinski definition) is 2. The minimum absolute atomic E-state index is 0.0126. The molecule has 228 valence electrons. The fourth-order valence-corrected chi connectivity index (χ4v) is 7.05. The van der Waals surface area contributed by atoms with Gasteiger partial charge in [-0.25, -0.2) is 28.5 Å². The van der Waals surface area contributed by atoms with Crippen molar-refractivity contribution < 1.29 is 50.7 Å². The Morgan fingerprint density at radius 1 is 1.00 bits per heavy atom. The SMILES string of the molecule is Nc1ncnc2c1ncn2[C@@H]1O[C@@H]2COP([O-])(=S)O[C@@H]3[C@H](F)[C@@H](COP(=O)([O-])O[C@H]2[C@H]1F)O[C@H]3n1ccc(=O)[nH]c1=O. The Hall–Kier alpha value is -2.55. The zero-order valence-corrected chi connectivity index (χ0v) is 23.3. The second-order valence-electron chi connectivity index (χ2n) is 9.25. The van der Waals surface area contributed by atoms with Crippen molar-refractivity contribution in [3.05, 3.63) is 45.8 Å². The highest BCUT2D eigenvalue weighted by atomic mass is 32.5. The van der Waals surface area contributed by atoms with E-state index in [1.165, 1.54) is 0 Å². The molecule has 2 unspecified atom stereocenters. The maximum Gasteiger partial charge on any atom is 0.330 e. The molecule has 0 aromatic carbocycles. The van der Waals surface area contributed by atoms with Crippen molar-refractivity contribution in [3.63, 3.8) is 0 Å². The number of fused-ring (bicyclic) bond motifs is 4. The van der Waals surface area contributed by atoms with Gasteiger partial charge in [-0.2, -0.15) is 0 Å². The molecule has 3 aromatic heterocycles. The lowest BCUT2D eigenvalue weighted by Crippen LogP contribution is -2.38. The number of ether oxygens (including phenoxy) is 2. The van der Waals surface area contributed by atoms with Gasteiger partial charge in [-0.3, -0.25) is 23.5 Å². The number of nitrogens with one attached hydrogen (secondary N) is 1. The predicted molar refractivity (Wildman–Crippen MR) is 132 cm³/mol. The summed E-state index contributed by atoms with van der Waals surface area (Å²) in [5, 5.41) is 0. The van der Waals surface area contributed by atoms with Crippen LogP contribution < -0.4 is 26.8 Å². The highest BCUT2D eigenvalue weighted by Crippen LogP contribution is 2.51. The molecule has 0 radical (unpaired) electrons. The van der Waals surface area contributed by atoms with Crippen molar-refractivity contribution in [1.82, 2.24) is 29.1 Å². The van der Waals surface area contributed by atoms with Crippen LogP contribution >= 0.6 is 14.5 Å². The first-order valence-corrected chi connectivity index (χ1v) is 16.0. The molecule has 3 aliphatic heterocycles. The smallest absolute Gasteiger partial charge is 0.330 e. The second kappa shape index (κ2) is 10.9. The van der Waals surface area contributed by atoms with Crippen LogP contribution in [0.25, 0.3) is 11.2 Å². The number of halogens is 2. The molecule has 0 saturated carbocycles. The molecule has 10 atom stereocenters. The molecule has 3 N–H and O–H groups in total. The number of H-pyrrole nitrogens is 1. The molecule has 23 heteroatoms. The predicted octanol–water partition coefficient (Wildman–Crippen LogP) is -1.70. The van der Waals surface area contributed by atoms with Gasteiger partial charge in [0.25, 0.3) is 13.4 Å².